The molecule has 0 spiro atoms. The zero-order chi connectivity index (χ0) is 18.2. The molecule has 0 N–H and O–H groups in total. The van der Waals surface area contributed by atoms with Gasteiger partial charge in [0.15, 0.2) is 0 Å². The fraction of sp³-hybridized carbons (Fsp3) is 0.0435. The molecule has 4 heteroatoms. The second kappa shape index (κ2) is 6.25. The standard InChI is InChI=1S/C23H16N4/c1-15-24-22(20-12-10-16-6-2-4-8-18(16)26-20)14-23(25-15)21-13-11-17-7-3-5-9-19(17)27-21/h2-14H,1H3. The van der Waals surface area contributed by atoms with E-state index < -0.39 is 0 Å². The molecule has 128 valence electrons. The lowest BCUT2D eigenvalue weighted by molar-refractivity contribution is 1.05. The predicted octanol–water partition coefficient (Wildman–Crippen LogP) is 5.22. The molecule has 0 aliphatic heterocycles. The van der Waals surface area contributed by atoms with Crippen LogP contribution in [0.4, 0.5) is 0 Å². The second-order valence-electron chi connectivity index (χ2n) is 6.46. The number of rotatable bonds is 2. The molecule has 0 saturated carbocycles. The minimum Gasteiger partial charge on any atom is -0.246 e. The Morgan fingerprint density at radius 1 is 0.481 bits per heavy atom. The van der Waals surface area contributed by atoms with Crippen LogP contribution in [0.15, 0.2) is 78.9 Å². The van der Waals surface area contributed by atoms with Crippen molar-refractivity contribution in [3.05, 3.63) is 84.7 Å². The Hall–Kier alpha value is -3.66. The summed E-state index contributed by atoms with van der Waals surface area (Å²) < 4.78 is 0. The number of para-hydroxylation sites is 2. The molecule has 0 atom stereocenters. The third kappa shape index (κ3) is 2.91. The second-order valence-corrected chi connectivity index (χ2v) is 6.46. The van der Waals surface area contributed by atoms with E-state index in [1.807, 2.05) is 61.5 Å². The summed E-state index contributed by atoms with van der Waals surface area (Å²) in [6.07, 6.45) is 0. The zero-order valence-electron chi connectivity index (χ0n) is 14.8. The van der Waals surface area contributed by atoms with Crippen LogP contribution in [0.1, 0.15) is 5.82 Å². The maximum atomic E-state index is 4.76. The van der Waals surface area contributed by atoms with Crippen molar-refractivity contribution in [3.63, 3.8) is 0 Å². The van der Waals surface area contributed by atoms with Gasteiger partial charge in [-0.1, -0.05) is 48.5 Å². The molecule has 0 aliphatic carbocycles. The fourth-order valence-corrected chi connectivity index (χ4v) is 3.25. The predicted molar refractivity (Wildman–Crippen MR) is 108 cm³/mol. The summed E-state index contributed by atoms with van der Waals surface area (Å²) in [5.41, 5.74) is 5.19. The first kappa shape index (κ1) is 15.6. The van der Waals surface area contributed by atoms with E-state index in [1.54, 1.807) is 0 Å². The van der Waals surface area contributed by atoms with Crippen LogP contribution in [0.2, 0.25) is 0 Å². The van der Waals surface area contributed by atoms with Crippen molar-refractivity contribution in [1.29, 1.82) is 0 Å². The SMILES string of the molecule is Cc1nc(-c2ccc3ccccc3n2)cc(-c2ccc3ccccc3n2)n1. The van der Waals surface area contributed by atoms with Crippen LogP contribution >= 0.6 is 0 Å². The molecule has 3 aromatic heterocycles. The molecule has 4 nitrogen and oxygen atoms in total. The summed E-state index contributed by atoms with van der Waals surface area (Å²) in [6, 6.07) is 26.3. The smallest absolute Gasteiger partial charge is 0.126 e. The zero-order valence-corrected chi connectivity index (χ0v) is 14.8. The number of nitrogens with zero attached hydrogens (tertiary/aromatic N) is 4. The van der Waals surface area contributed by atoms with Gasteiger partial charge < -0.3 is 0 Å². The highest BCUT2D eigenvalue weighted by molar-refractivity contribution is 5.82. The summed E-state index contributed by atoms with van der Waals surface area (Å²) in [5, 5.41) is 2.23. The van der Waals surface area contributed by atoms with Gasteiger partial charge in [-0.2, -0.15) is 0 Å². The van der Waals surface area contributed by atoms with Crippen molar-refractivity contribution in [2.45, 2.75) is 6.92 Å². The van der Waals surface area contributed by atoms with Crippen LogP contribution < -0.4 is 0 Å². The average molecular weight is 348 g/mol. The lowest BCUT2D eigenvalue weighted by Crippen LogP contribution is -1.97. The molecule has 5 aromatic rings. The molecule has 0 bridgehead atoms. The van der Waals surface area contributed by atoms with Crippen molar-refractivity contribution >= 4 is 21.8 Å². The highest BCUT2D eigenvalue weighted by atomic mass is 14.9. The van der Waals surface area contributed by atoms with Gasteiger partial charge in [-0.15, -0.1) is 0 Å². The highest BCUT2D eigenvalue weighted by Gasteiger charge is 2.10. The molecule has 3 heterocycles. The van der Waals surface area contributed by atoms with Crippen LogP contribution in [0, 0.1) is 6.92 Å². The van der Waals surface area contributed by atoms with Gasteiger partial charge >= 0.3 is 0 Å². The summed E-state index contributed by atoms with van der Waals surface area (Å²) in [5.74, 6) is 0.701. The third-order valence-electron chi connectivity index (χ3n) is 4.56. The van der Waals surface area contributed by atoms with Gasteiger partial charge in [-0.3, -0.25) is 0 Å². The van der Waals surface area contributed by atoms with E-state index in [4.69, 9.17) is 9.97 Å². The van der Waals surface area contributed by atoms with Gasteiger partial charge in [0.1, 0.15) is 5.82 Å². The number of hydrogen-bond donors (Lipinski definition) is 0. The van der Waals surface area contributed by atoms with E-state index in [0.717, 1.165) is 44.6 Å². The van der Waals surface area contributed by atoms with Crippen LogP contribution in [0.3, 0.4) is 0 Å². The Labute approximate surface area is 156 Å². The van der Waals surface area contributed by atoms with Gasteiger partial charge in [-0.25, -0.2) is 19.9 Å². The van der Waals surface area contributed by atoms with E-state index in [9.17, 15) is 0 Å². The first-order chi connectivity index (χ1) is 13.3. The number of aromatic nitrogens is 4. The van der Waals surface area contributed by atoms with E-state index in [2.05, 4.69) is 34.2 Å². The molecule has 2 aromatic carbocycles. The van der Waals surface area contributed by atoms with Gasteiger partial charge in [-0.05, 0) is 37.3 Å². The Bertz CT molecular complexity index is 1200. The van der Waals surface area contributed by atoms with Crippen LogP contribution in [-0.4, -0.2) is 19.9 Å². The normalized spacial score (nSPS) is 11.1. The summed E-state index contributed by atoms with van der Waals surface area (Å²) in [6.45, 7) is 1.90. The molecular formula is C23H16N4. The molecule has 0 unspecified atom stereocenters. The van der Waals surface area contributed by atoms with Gasteiger partial charge in [0.2, 0.25) is 0 Å². The monoisotopic (exact) mass is 348 g/mol. The quantitative estimate of drug-likeness (QED) is 0.439. The number of benzene rings is 2. The van der Waals surface area contributed by atoms with E-state index in [0.29, 0.717) is 5.82 Å². The summed E-state index contributed by atoms with van der Waals surface area (Å²) >= 11 is 0. The van der Waals surface area contributed by atoms with Gasteiger partial charge in [0, 0.05) is 10.8 Å². The number of pyridine rings is 2. The number of hydrogen-bond acceptors (Lipinski definition) is 4. The topological polar surface area (TPSA) is 51.6 Å². The van der Waals surface area contributed by atoms with Gasteiger partial charge in [0.05, 0.1) is 33.8 Å². The first-order valence-corrected chi connectivity index (χ1v) is 8.84. The van der Waals surface area contributed by atoms with Crippen molar-refractivity contribution in [2.75, 3.05) is 0 Å². The number of aryl methyl sites for hydroxylation is 1. The molecular weight excluding hydrogens is 332 g/mol. The van der Waals surface area contributed by atoms with E-state index in [1.165, 1.54) is 0 Å². The molecule has 0 amide bonds. The lowest BCUT2D eigenvalue weighted by atomic mass is 10.1. The molecule has 27 heavy (non-hydrogen) atoms. The third-order valence-corrected chi connectivity index (χ3v) is 4.56. The Morgan fingerprint density at radius 3 is 1.48 bits per heavy atom. The minimum atomic E-state index is 0.701. The Balaban J connectivity index is 1.64. The number of fused-ring (bicyclic) bond motifs is 2. The molecule has 5 rings (SSSR count). The van der Waals surface area contributed by atoms with Crippen LogP contribution in [-0.2, 0) is 0 Å². The van der Waals surface area contributed by atoms with Crippen molar-refractivity contribution < 1.29 is 0 Å². The maximum absolute atomic E-state index is 4.76. The summed E-state index contributed by atoms with van der Waals surface area (Å²) in [7, 11) is 0. The first-order valence-electron chi connectivity index (χ1n) is 8.84. The highest BCUT2D eigenvalue weighted by Crippen LogP contribution is 2.25. The fourth-order valence-electron chi connectivity index (χ4n) is 3.25. The Kier molecular flexibility index (Phi) is 3.61. The molecule has 0 aliphatic rings. The van der Waals surface area contributed by atoms with Crippen molar-refractivity contribution in [2.24, 2.45) is 0 Å². The van der Waals surface area contributed by atoms with Crippen molar-refractivity contribution in [3.8, 4) is 22.8 Å². The van der Waals surface area contributed by atoms with Crippen molar-refractivity contribution in [1.82, 2.24) is 19.9 Å². The maximum Gasteiger partial charge on any atom is 0.126 e. The van der Waals surface area contributed by atoms with E-state index >= 15 is 0 Å². The lowest BCUT2D eigenvalue weighted by Gasteiger charge is -2.07. The largest absolute Gasteiger partial charge is 0.246 e. The van der Waals surface area contributed by atoms with Crippen LogP contribution in [0.25, 0.3) is 44.6 Å². The Morgan fingerprint density at radius 2 is 0.963 bits per heavy atom. The minimum absolute atomic E-state index is 0.701. The summed E-state index contributed by atoms with van der Waals surface area (Å²) in [4.78, 5) is 18.7. The molecule has 0 saturated heterocycles. The van der Waals surface area contributed by atoms with Crippen LogP contribution in [0.5, 0.6) is 0 Å². The van der Waals surface area contributed by atoms with E-state index in [-0.39, 0.29) is 0 Å². The molecule has 0 radical (unpaired) electrons. The van der Waals surface area contributed by atoms with Gasteiger partial charge in [0.25, 0.3) is 0 Å². The molecule has 0 fully saturated rings. The average Bonchev–Trinajstić information content (AvgIpc) is 2.72.